The fourth-order valence-electron chi connectivity index (χ4n) is 1.04. The van der Waals surface area contributed by atoms with Gasteiger partial charge < -0.3 is 15.0 Å². The number of methoxy groups -OCH3 is 1. The molecule has 0 aliphatic heterocycles. The molecule has 0 aliphatic carbocycles. The molecule has 1 N–H and O–H groups in total. The molecule has 3 nitrogen and oxygen atoms in total. The van der Waals surface area contributed by atoms with Gasteiger partial charge in [0.05, 0.1) is 6.61 Å². The largest absolute Gasteiger partial charge is 0.383 e. The van der Waals surface area contributed by atoms with Crippen LogP contribution in [0.3, 0.4) is 0 Å². The number of nitrogens with one attached hydrogen (secondary N) is 1. The fourth-order valence-corrected chi connectivity index (χ4v) is 1.04. The Kier molecular flexibility index (Phi) is 7.23. The molecule has 0 rings (SSSR count). The van der Waals surface area contributed by atoms with Gasteiger partial charge in [-0.15, -0.1) is 0 Å². The van der Waals surface area contributed by atoms with E-state index >= 15 is 0 Å². The van der Waals surface area contributed by atoms with Crippen molar-refractivity contribution in [1.82, 2.24) is 10.2 Å². The quantitative estimate of drug-likeness (QED) is 0.644. The van der Waals surface area contributed by atoms with Crippen molar-refractivity contribution in [2.75, 3.05) is 34.4 Å². The standard InChI is InChI=1S/C10H24N2O/c1-6-10(8-13-5)11-7-9(2)12(3)4/h9-11H,6-8H2,1-5H3. The lowest BCUT2D eigenvalue weighted by molar-refractivity contribution is 0.159. The van der Waals surface area contributed by atoms with E-state index in [1.165, 1.54) is 0 Å². The number of likely N-dealkylation sites (N-methyl/N-ethyl adjacent to an activating group) is 1. The molecule has 0 bridgehead atoms. The molecular weight excluding hydrogens is 164 g/mol. The summed E-state index contributed by atoms with van der Waals surface area (Å²) in [7, 11) is 5.95. The van der Waals surface area contributed by atoms with E-state index in [1.54, 1.807) is 7.11 Å². The molecule has 0 aromatic rings. The van der Waals surface area contributed by atoms with Gasteiger partial charge in [-0.1, -0.05) is 6.92 Å². The summed E-state index contributed by atoms with van der Waals surface area (Å²) >= 11 is 0. The highest BCUT2D eigenvalue weighted by Crippen LogP contribution is 1.94. The highest BCUT2D eigenvalue weighted by molar-refractivity contribution is 4.69. The topological polar surface area (TPSA) is 24.5 Å². The molecule has 0 aromatic carbocycles. The zero-order chi connectivity index (χ0) is 10.3. The smallest absolute Gasteiger partial charge is 0.0615 e. The summed E-state index contributed by atoms with van der Waals surface area (Å²) in [4.78, 5) is 2.21. The molecular formula is C10H24N2O. The fraction of sp³-hybridized carbons (Fsp3) is 1.00. The SMILES string of the molecule is CCC(COC)NCC(C)N(C)C. The van der Waals surface area contributed by atoms with Crippen molar-refractivity contribution in [1.29, 1.82) is 0 Å². The number of hydrogen-bond donors (Lipinski definition) is 1. The lowest BCUT2D eigenvalue weighted by atomic mass is 10.2. The Balaban J connectivity index is 3.58. The predicted molar refractivity (Wildman–Crippen MR) is 57.1 cm³/mol. The van der Waals surface area contributed by atoms with E-state index < -0.39 is 0 Å². The van der Waals surface area contributed by atoms with E-state index in [0.717, 1.165) is 19.6 Å². The summed E-state index contributed by atoms with van der Waals surface area (Å²) in [5.74, 6) is 0. The Morgan fingerprint density at radius 2 is 2.00 bits per heavy atom. The summed E-state index contributed by atoms with van der Waals surface area (Å²) in [6, 6.07) is 1.07. The third kappa shape index (κ3) is 6.02. The Labute approximate surface area is 82.4 Å². The number of hydrogen-bond acceptors (Lipinski definition) is 3. The maximum Gasteiger partial charge on any atom is 0.0615 e. The average molecular weight is 188 g/mol. The van der Waals surface area contributed by atoms with Crippen LogP contribution in [0.4, 0.5) is 0 Å². The van der Waals surface area contributed by atoms with Gasteiger partial charge in [0.2, 0.25) is 0 Å². The molecule has 0 spiro atoms. The maximum absolute atomic E-state index is 5.11. The first-order chi connectivity index (χ1) is 6.11. The van der Waals surface area contributed by atoms with Crippen molar-refractivity contribution in [3.63, 3.8) is 0 Å². The van der Waals surface area contributed by atoms with Crippen LogP contribution in [0.15, 0.2) is 0 Å². The van der Waals surface area contributed by atoms with E-state index in [2.05, 4.69) is 38.2 Å². The summed E-state index contributed by atoms with van der Waals surface area (Å²) in [5.41, 5.74) is 0. The third-order valence-electron chi connectivity index (χ3n) is 2.44. The van der Waals surface area contributed by atoms with Crippen molar-refractivity contribution in [3.05, 3.63) is 0 Å². The van der Waals surface area contributed by atoms with Crippen molar-refractivity contribution >= 4 is 0 Å². The summed E-state index contributed by atoms with van der Waals surface area (Å²) in [5, 5.41) is 3.48. The summed E-state index contributed by atoms with van der Waals surface area (Å²) in [6.45, 7) is 6.22. The van der Waals surface area contributed by atoms with Crippen LogP contribution in [-0.4, -0.2) is 51.3 Å². The molecule has 0 saturated carbocycles. The normalized spacial score (nSPS) is 16.2. The summed E-state index contributed by atoms with van der Waals surface area (Å²) < 4.78 is 5.11. The van der Waals surface area contributed by atoms with Gasteiger partial charge in [0.25, 0.3) is 0 Å². The Hall–Kier alpha value is -0.120. The van der Waals surface area contributed by atoms with E-state index in [0.29, 0.717) is 12.1 Å². The van der Waals surface area contributed by atoms with E-state index in [9.17, 15) is 0 Å². The minimum absolute atomic E-state index is 0.493. The van der Waals surface area contributed by atoms with Crippen LogP contribution in [0, 0.1) is 0 Å². The van der Waals surface area contributed by atoms with Crippen LogP contribution in [0.25, 0.3) is 0 Å². The first-order valence-electron chi connectivity index (χ1n) is 5.00. The molecule has 2 atom stereocenters. The van der Waals surface area contributed by atoms with Gasteiger partial charge >= 0.3 is 0 Å². The average Bonchev–Trinajstić information content (AvgIpc) is 2.11. The molecule has 80 valence electrons. The van der Waals surface area contributed by atoms with Crippen LogP contribution in [0.1, 0.15) is 20.3 Å². The molecule has 0 radical (unpaired) electrons. The highest BCUT2D eigenvalue weighted by Gasteiger charge is 2.08. The van der Waals surface area contributed by atoms with Gasteiger partial charge in [0, 0.05) is 25.7 Å². The number of nitrogens with zero attached hydrogens (tertiary/aromatic N) is 1. The van der Waals surface area contributed by atoms with Gasteiger partial charge in [-0.2, -0.15) is 0 Å². The minimum atomic E-state index is 0.493. The van der Waals surface area contributed by atoms with Gasteiger partial charge in [0.15, 0.2) is 0 Å². The second-order valence-electron chi connectivity index (χ2n) is 3.78. The molecule has 13 heavy (non-hydrogen) atoms. The summed E-state index contributed by atoms with van der Waals surface area (Å²) in [6.07, 6.45) is 1.12. The van der Waals surface area contributed by atoms with Crippen molar-refractivity contribution in [3.8, 4) is 0 Å². The second kappa shape index (κ2) is 7.30. The minimum Gasteiger partial charge on any atom is -0.383 e. The van der Waals surface area contributed by atoms with Crippen LogP contribution < -0.4 is 5.32 Å². The Morgan fingerprint density at radius 3 is 2.38 bits per heavy atom. The molecule has 0 amide bonds. The Bertz CT molecular complexity index is 117. The highest BCUT2D eigenvalue weighted by atomic mass is 16.5. The lowest BCUT2D eigenvalue weighted by Crippen LogP contribution is -2.41. The second-order valence-corrected chi connectivity index (χ2v) is 3.78. The lowest BCUT2D eigenvalue weighted by Gasteiger charge is -2.23. The van der Waals surface area contributed by atoms with Crippen molar-refractivity contribution < 1.29 is 4.74 Å². The predicted octanol–water partition coefficient (Wildman–Crippen LogP) is 0.951. The van der Waals surface area contributed by atoms with Gasteiger partial charge in [-0.3, -0.25) is 0 Å². The number of rotatable bonds is 7. The molecule has 0 fully saturated rings. The van der Waals surface area contributed by atoms with Crippen LogP contribution in [0.5, 0.6) is 0 Å². The molecule has 0 aromatic heterocycles. The van der Waals surface area contributed by atoms with E-state index in [-0.39, 0.29) is 0 Å². The van der Waals surface area contributed by atoms with Crippen molar-refractivity contribution in [2.24, 2.45) is 0 Å². The van der Waals surface area contributed by atoms with Gasteiger partial charge in [-0.05, 0) is 27.4 Å². The molecule has 0 saturated heterocycles. The van der Waals surface area contributed by atoms with Crippen LogP contribution >= 0.6 is 0 Å². The molecule has 0 aliphatic rings. The number of ether oxygens (including phenoxy) is 1. The van der Waals surface area contributed by atoms with Gasteiger partial charge in [-0.25, -0.2) is 0 Å². The monoisotopic (exact) mass is 188 g/mol. The van der Waals surface area contributed by atoms with E-state index in [1.807, 2.05) is 0 Å². The Morgan fingerprint density at radius 1 is 1.38 bits per heavy atom. The first-order valence-corrected chi connectivity index (χ1v) is 5.00. The zero-order valence-electron chi connectivity index (χ0n) is 9.63. The molecule has 2 unspecified atom stereocenters. The maximum atomic E-state index is 5.11. The van der Waals surface area contributed by atoms with Gasteiger partial charge in [0.1, 0.15) is 0 Å². The van der Waals surface area contributed by atoms with E-state index in [4.69, 9.17) is 4.74 Å². The first kappa shape index (κ1) is 12.9. The third-order valence-corrected chi connectivity index (χ3v) is 2.44. The van der Waals surface area contributed by atoms with Crippen LogP contribution in [-0.2, 0) is 4.74 Å². The molecule has 3 heteroatoms. The molecule has 0 heterocycles. The van der Waals surface area contributed by atoms with Crippen LogP contribution in [0.2, 0.25) is 0 Å². The van der Waals surface area contributed by atoms with Crippen molar-refractivity contribution in [2.45, 2.75) is 32.4 Å². The zero-order valence-corrected chi connectivity index (χ0v) is 9.63.